The van der Waals surface area contributed by atoms with Crippen molar-refractivity contribution in [3.63, 3.8) is 0 Å². The van der Waals surface area contributed by atoms with Gasteiger partial charge in [-0.2, -0.15) is 0 Å². The van der Waals surface area contributed by atoms with E-state index in [0.717, 1.165) is 20.1 Å². The largest absolute Gasteiger partial charge is 0.481 e. The first kappa shape index (κ1) is 12.6. The smallest absolute Gasteiger partial charge is 0.300 e. The van der Waals surface area contributed by atoms with Crippen molar-refractivity contribution in [2.45, 2.75) is 19.8 Å². The molecule has 1 fully saturated rings. The van der Waals surface area contributed by atoms with E-state index in [1.54, 1.807) is 0 Å². The molecule has 3 nitrogen and oxygen atoms in total. The standard InChI is InChI=1S/C4H8O.C2H4O2.Mn/c1-2-4-5-3-1;1-2(3)4;/h1-4H2;1H3,(H,3,4);. The molecule has 0 spiro atoms. The van der Waals surface area contributed by atoms with Gasteiger partial charge in [0.15, 0.2) is 0 Å². The molecular formula is C6H12MnO3. The first-order chi connectivity index (χ1) is 4.23. The summed E-state index contributed by atoms with van der Waals surface area (Å²) in [4.78, 5) is 9.00. The van der Waals surface area contributed by atoms with Crippen LogP contribution in [0.4, 0.5) is 0 Å². The Hall–Kier alpha value is -0.0505. The predicted octanol–water partition coefficient (Wildman–Crippen LogP) is 0.885. The van der Waals surface area contributed by atoms with Gasteiger partial charge in [-0.15, -0.1) is 0 Å². The molecule has 1 aliphatic heterocycles. The van der Waals surface area contributed by atoms with Crippen molar-refractivity contribution >= 4 is 5.97 Å². The van der Waals surface area contributed by atoms with Gasteiger partial charge in [0.05, 0.1) is 0 Å². The molecule has 0 aromatic carbocycles. The van der Waals surface area contributed by atoms with E-state index in [9.17, 15) is 0 Å². The van der Waals surface area contributed by atoms with Crippen LogP contribution in [0, 0.1) is 0 Å². The predicted molar refractivity (Wildman–Crippen MR) is 33.4 cm³/mol. The molecule has 0 unspecified atom stereocenters. The SMILES string of the molecule is C1CCOC1.CC(=O)O.[Mn]. The van der Waals surface area contributed by atoms with Gasteiger partial charge in [-0.1, -0.05) is 0 Å². The van der Waals surface area contributed by atoms with Crippen LogP contribution in [0.2, 0.25) is 0 Å². The third-order valence-electron chi connectivity index (χ3n) is 0.827. The number of aliphatic carboxylic acids is 1. The van der Waals surface area contributed by atoms with Crippen LogP contribution in [-0.2, 0) is 26.6 Å². The zero-order valence-corrected chi connectivity index (χ0v) is 7.15. The van der Waals surface area contributed by atoms with Crippen molar-refractivity contribution in [3.05, 3.63) is 0 Å². The third-order valence-corrected chi connectivity index (χ3v) is 0.827. The van der Waals surface area contributed by atoms with E-state index in [4.69, 9.17) is 14.6 Å². The van der Waals surface area contributed by atoms with Crippen molar-refractivity contribution in [1.82, 2.24) is 0 Å². The molecule has 0 saturated carbocycles. The fourth-order valence-electron chi connectivity index (χ4n) is 0.510. The number of rotatable bonds is 0. The number of hydrogen-bond acceptors (Lipinski definition) is 2. The van der Waals surface area contributed by atoms with Gasteiger partial charge < -0.3 is 9.84 Å². The summed E-state index contributed by atoms with van der Waals surface area (Å²) in [6, 6.07) is 0. The van der Waals surface area contributed by atoms with E-state index < -0.39 is 5.97 Å². The minimum atomic E-state index is -0.833. The Morgan fingerprint density at radius 3 is 1.80 bits per heavy atom. The molecule has 0 aliphatic carbocycles. The Bertz CT molecular complexity index is 69.5. The second-order valence-electron chi connectivity index (χ2n) is 1.84. The van der Waals surface area contributed by atoms with Gasteiger partial charge in [0.2, 0.25) is 0 Å². The van der Waals surface area contributed by atoms with Gasteiger partial charge in [-0.05, 0) is 12.8 Å². The summed E-state index contributed by atoms with van der Waals surface area (Å²) in [5.74, 6) is -0.833. The summed E-state index contributed by atoms with van der Waals surface area (Å²) in [6.07, 6.45) is 2.56. The molecule has 0 bridgehead atoms. The van der Waals surface area contributed by atoms with Crippen molar-refractivity contribution in [2.75, 3.05) is 13.2 Å². The second-order valence-corrected chi connectivity index (χ2v) is 1.84. The van der Waals surface area contributed by atoms with E-state index in [1.165, 1.54) is 12.8 Å². The van der Waals surface area contributed by atoms with E-state index in [0.29, 0.717) is 0 Å². The summed E-state index contributed by atoms with van der Waals surface area (Å²) >= 11 is 0. The van der Waals surface area contributed by atoms with Crippen LogP contribution in [0.25, 0.3) is 0 Å². The summed E-state index contributed by atoms with van der Waals surface area (Å²) in [5, 5.41) is 7.42. The number of ether oxygens (including phenoxy) is 1. The molecule has 1 rings (SSSR count). The molecular weight excluding hydrogens is 175 g/mol. The van der Waals surface area contributed by atoms with Crippen molar-refractivity contribution in [3.8, 4) is 0 Å². The monoisotopic (exact) mass is 187 g/mol. The molecule has 0 amide bonds. The van der Waals surface area contributed by atoms with Crippen LogP contribution in [0.1, 0.15) is 19.8 Å². The Balaban J connectivity index is 0. The fourth-order valence-corrected chi connectivity index (χ4v) is 0.510. The molecule has 1 radical (unpaired) electrons. The maximum atomic E-state index is 9.00. The van der Waals surface area contributed by atoms with Crippen LogP contribution in [0.3, 0.4) is 0 Å². The fraction of sp³-hybridized carbons (Fsp3) is 0.833. The van der Waals surface area contributed by atoms with Crippen molar-refractivity contribution < 1.29 is 31.7 Å². The normalized spacial score (nSPS) is 14.5. The molecule has 61 valence electrons. The van der Waals surface area contributed by atoms with Crippen molar-refractivity contribution in [2.24, 2.45) is 0 Å². The minimum Gasteiger partial charge on any atom is -0.481 e. The second kappa shape index (κ2) is 8.95. The first-order valence-corrected chi connectivity index (χ1v) is 3.01. The molecule has 0 aromatic rings. The maximum absolute atomic E-state index is 9.00. The average molecular weight is 187 g/mol. The zero-order valence-electron chi connectivity index (χ0n) is 5.97. The number of hydrogen-bond donors (Lipinski definition) is 1. The van der Waals surface area contributed by atoms with E-state index in [2.05, 4.69) is 0 Å². The molecule has 4 heteroatoms. The zero-order chi connectivity index (χ0) is 7.11. The van der Waals surface area contributed by atoms with Gasteiger partial charge in [-0.3, -0.25) is 4.79 Å². The molecule has 0 aromatic heterocycles. The van der Waals surface area contributed by atoms with E-state index in [-0.39, 0.29) is 17.1 Å². The van der Waals surface area contributed by atoms with Gasteiger partial charge in [-0.25, -0.2) is 0 Å². The summed E-state index contributed by atoms with van der Waals surface area (Å²) in [5.41, 5.74) is 0. The molecule has 1 saturated heterocycles. The topological polar surface area (TPSA) is 46.5 Å². The third kappa shape index (κ3) is 15.7. The number of carbonyl (C=O) groups is 1. The van der Waals surface area contributed by atoms with Crippen LogP contribution < -0.4 is 0 Å². The minimum absolute atomic E-state index is 0. The number of carboxylic acid groups (broad SMARTS) is 1. The van der Waals surface area contributed by atoms with E-state index >= 15 is 0 Å². The van der Waals surface area contributed by atoms with Crippen molar-refractivity contribution in [1.29, 1.82) is 0 Å². The van der Waals surface area contributed by atoms with Crippen LogP contribution in [0.5, 0.6) is 0 Å². The van der Waals surface area contributed by atoms with Crippen LogP contribution in [-0.4, -0.2) is 24.3 Å². The first-order valence-electron chi connectivity index (χ1n) is 3.01. The van der Waals surface area contributed by atoms with Gasteiger partial charge >= 0.3 is 0 Å². The van der Waals surface area contributed by atoms with Gasteiger partial charge in [0.1, 0.15) is 0 Å². The Morgan fingerprint density at radius 1 is 1.40 bits per heavy atom. The Kier molecular flexibility index (Phi) is 11.3. The maximum Gasteiger partial charge on any atom is 0.300 e. The van der Waals surface area contributed by atoms with Crippen LogP contribution >= 0.6 is 0 Å². The van der Waals surface area contributed by atoms with E-state index in [1.807, 2.05) is 0 Å². The summed E-state index contributed by atoms with van der Waals surface area (Å²) in [6.45, 7) is 3.08. The number of carboxylic acids is 1. The Morgan fingerprint density at radius 2 is 1.70 bits per heavy atom. The average Bonchev–Trinajstić information content (AvgIpc) is 2.11. The van der Waals surface area contributed by atoms with Crippen LogP contribution in [0.15, 0.2) is 0 Å². The quantitative estimate of drug-likeness (QED) is 0.572. The Labute approximate surface area is 71.2 Å². The van der Waals surface area contributed by atoms with Gasteiger partial charge in [0.25, 0.3) is 5.97 Å². The molecule has 10 heavy (non-hydrogen) atoms. The summed E-state index contributed by atoms with van der Waals surface area (Å²) in [7, 11) is 0. The van der Waals surface area contributed by atoms with Gasteiger partial charge in [0, 0.05) is 37.2 Å². The molecule has 0 atom stereocenters. The summed E-state index contributed by atoms with van der Waals surface area (Å²) < 4.78 is 4.94. The molecule has 1 heterocycles. The molecule has 1 N–H and O–H groups in total. The molecule has 1 aliphatic rings.